The van der Waals surface area contributed by atoms with E-state index >= 15 is 0 Å². The molecule has 1 saturated heterocycles. The maximum absolute atomic E-state index is 12.6. The molecule has 0 saturated carbocycles. The van der Waals surface area contributed by atoms with E-state index in [0.717, 1.165) is 13.1 Å². The zero-order valence-corrected chi connectivity index (χ0v) is 18.1. The number of nitrogens with one attached hydrogen (secondary N) is 2. The Labute approximate surface area is 173 Å². The maximum Gasteiger partial charge on any atom is 0.251 e. The number of amides is 2. The van der Waals surface area contributed by atoms with Gasteiger partial charge >= 0.3 is 0 Å². The summed E-state index contributed by atoms with van der Waals surface area (Å²) in [5.74, 6) is -0.619. The Hall–Kier alpha value is -1.68. The lowest BCUT2D eigenvalue weighted by Gasteiger charge is -2.34. The first-order chi connectivity index (χ1) is 12.8. The third-order valence-electron chi connectivity index (χ3n) is 4.66. The van der Waals surface area contributed by atoms with Gasteiger partial charge in [0.25, 0.3) is 5.91 Å². The van der Waals surface area contributed by atoms with Crippen molar-refractivity contribution in [3.05, 3.63) is 29.8 Å². The molecule has 1 atom stereocenters. The molecular formula is C18H29ClN4O4S. The number of sulfonamides is 1. The van der Waals surface area contributed by atoms with Gasteiger partial charge in [0.1, 0.15) is 0 Å². The lowest BCUT2D eigenvalue weighted by Crippen LogP contribution is -2.54. The van der Waals surface area contributed by atoms with Crippen molar-refractivity contribution in [2.75, 3.05) is 39.3 Å². The summed E-state index contributed by atoms with van der Waals surface area (Å²) in [4.78, 5) is 26.5. The smallest absolute Gasteiger partial charge is 0.251 e. The van der Waals surface area contributed by atoms with E-state index in [1.54, 1.807) is 18.7 Å². The van der Waals surface area contributed by atoms with Gasteiger partial charge in [0.2, 0.25) is 15.9 Å². The van der Waals surface area contributed by atoms with Crippen molar-refractivity contribution in [1.82, 2.24) is 19.8 Å². The molecular weight excluding hydrogens is 404 g/mol. The topological polar surface area (TPSA) is 98.8 Å². The molecule has 8 nitrogen and oxygen atoms in total. The molecule has 28 heavy (non-hydrogen) atoms. The van der Waals surface area contributed by atoms with Crippen LogP contribution in [-0.4, -0.2) is 74.7 Å². The van der Waals surface area contributed by atoms with Crippen LogP contribution in [-0.2, 0) is 14.8 Å². The summed E-state index contributed by atoms with van der Waals surface area (Å²) < 4.78 is 26.5. The quantitative estimate of drug-likeness (QED) is 0.660. The molecule has 158 valence electrons. The third kappa shape index (κ3) is 5.66. The molecule has 1 aliphatic rings. The second-order valence-corrected chi connectivity index (χ2v) is 8.38. The Morgan fingerprint density at radius 2 is 1.96 bits per heavy atom. The third-order valence-corrected chi connectivity index (χ3v) is 6.71. The number of benzene rings is 1. The number of rotatable bonds is 7. The summed E-state index contributed by atoms with van der Waals surface area (Å²) in [6.07, 6.45) is 0. The first kappa shape index (κ1) is 24.4. The molecule has 1 aliphatic heterocycles. The second-order valence-electron chi connectivity index (χ2n) is 6.44. The molecule has 0 aliphatic carbocycles. The van der Waals surface area contributed by atoms with E-state index in [1.807, 2.05) is 6.92 Å². The van der Waals surface area contributed by atoms with Crippen LogP contribution in [0.15, 0.2) is 29.2 Å². The maximum atomic E-state index is 12.6. The van der Waals surface area contributed by atoms with Gasteiger partial charge in [0.05, 0.1) is 11.4 Å². The molecule has 0 unspecified atom stereocenters. The van der Waals surface area contributed by atoms with Crippen molar-refractivity contribution in [1.29, 1.82) is 0 Å². The minimum atomic E-state index is -3.64. The van der Waals surface area contributed by atoms with Crippen LogP contribution >= 0.6 is 12.4 Å². The van der Waals surface area contributed by atoms with E-state index in [9.17, 15) is 18.0 Å². The van der Waals surface area contributed by atoms with Gasteiger partial charge in [0, 0.05) is 44.3 Å². The molecule has 0 radical (unpaired) electrons. The molecule has 0 spiro atoms. The van der Waals surface area contributed by atoms with Crippen LogP contribution in [0.2, 0.25) is 0 Å². The van der Waals surface area contributed by atoms with Crippen LogP contribution in [0.4, 0.5) is 0 Å². The van der Waals surface area contributed by atoms with E-state index in [4.69, 9.17) is 0 Å². The van der Waals surface area contributed by atoms with E-state index in [1.165, 1.54) is 28.6 Å². The summed E-state index contributed by atoms with van der Waals surface area (Å²) >= 11 is 0. The highest BCUT2D eigenvalue weighted by Gasteiger charge is 2.24. The monoisotopic (exact) mass is 432 g/mol. The molecule has 2 N–H and O–H groups in total. The van der Waals surface area contributed by atoms with E-state index in [0.29, 0.717) is 19.6 Å². The van der Waals surface area contributed by atoms with Crippen LogP contribution in [0.1, 0.15) is 31.1 Å². The summed E-state index contributed by atoms with van der Waals surface area (Å²) in [5, 5.41) is 5.80. The van der Waals surface area contributed by atoms with Crippen LogP contribution in [0, 0.1) is 0 Å². The van der Waals surface area contributed by atoms with Crippen molar-refractivity contribution < 1.29 is 18.0 Å². The fourth-order valence-electron chi connectivity index (χ4n) is 3.08. The van der Waals surface area contributed by atoms with Crippen molar-refractivity contribution in [3.8, 4) is 0 Å². The van der Waals surface area contributed by atoms with Crippen LogP contribution in [0.25, 0.3) is 0 Å². The zero-order valence-electron chi connectivity index (χ0n) is 16.5. The fourth-order valence-corrected chi connectivity index (χ4v) is 4.59. The van der Waals surface area contributed by atoms with Gasteiger partial charge in [-0.1, -0.05) is 19.9 Å². The van der Waals surface area contributed by atoms with Gasteiger partial charge in [0.15, 0.2) is 0 Å². The van der Waals surface area contributed by atoms with Crippen molar-refractivity contribution in [2.24, 2.45) is 0 Å². The van der Waals surface area contributed by atoms with Crippen molar-refractivity contribution in [3.63, 3.8) is 0 Å². The Bertz CT molecular complexity index is 784. The molecule has 0 bridgehead atoms. The highest BCUT2D eigenvalue weighted by atomic mass is 35.5. The minimum Gasteiger partial charge on any atom is -0.343 e. The number of hydrogen-bond acceptors (Lipinski definition) is 5. The van der Waals surface area contributed by atoms with Gasteiger partial charge in [-0.15, -0.1) is 12.4 Å². The molecule has 1 heterocycles. The summed E-state index contributed by atoms with van der Waals surface area (Å²) in [6, 6.07) is 5.96. The minimum absolute atomic E-state index is 0. The lowest BCUT2D eigenvalue weighted by atomic mass is 10.2. The van der Waals surface area contributed by atoms with Crippen molar-refractivity contribution >= 4 is 34.2 Å². The largest absolute Gasteiger partial charge is 0.343 e. The summed E-state index contributed by atoms with van der Waals surface area (Å²) in [7, 11) is -3.64. The SMILES string of the molecule is CCN(CC)S(=O)(=O)c1cccc(C(=O)NCC(=O)N2CCNC[C@@H]2C)c1.Cl. The number of carbonyl (C=O) groups excluding carboxylic acids is 2. The number of nitrogens with zero attached hydrogens (tertiary/aromatic N) is 2. The number of hydrogen-bond donors (Lipinski definition) is 2. The highest BCUT2D eigenvalue weighted by molar-refractivity contribution is 7.89. The van der Waals surface area contributed by atoms with E-state index < -0.39 is 15.9 Å². The van der Waals surface area contributed by atoms with Gasteiger partial charge in [-0.25, -0.2) is 8.42 Å². The van der Waals surface area contributed by atoms with Crippen LogP contribution in [0.3, 0.4) is 0 Å². The molecule has 0 aromatic heterocycles. The number of carbonyl (C=O) groups is 2. The highest BCUT2D eigenvalue weighted by Crippen LogP contribution is 2.17. The zero-order chi connectivity index (χ0) is 20.0. The second kappa shape index (κ2) is 10.8. The Kier molecular flexibility index (Phi) is 9.35. The van der Waals surface area contributed by atoms with Crippen LogP contribution < -0.4 is 10.6 Å². The predicted octanol–water partition coefficient (Wildman–Crippen LogP) is 0.689. The van der Waals surface area contributed by atoms with Gasteiger partial charge in [-0.3, -0.25) is 9.59 Å². The molecule has 1 aromatic rings. The van der Waals surface area contributed by atoms with Crippen LogP contribution in [0.5, 0.6) is 0 Å². The molecule has 10 heteroatoms. The Balaban J connectivity index is 0.00000392. The lowest BCUT2D eigenvalue weighted by molar-refractivity contribution is -0.132. The standard InChI is InChI=1S/C18H28N4O4S.ClH/c1-4-21(5-2)27(25,26)16-8-6-7-15(11-16)18(24)20-13-17(23)22-10-9-19-12-14(22)3;/h6-8,11,14,19H,4-5,9-10,12-13H2,1-3H3,(H,20,24);1H/t14-;/m0./s1. The first-order valence-electron chi connectivity index (χ1n) is 9.19. The predicted molar refractivity (Wildman–Crippen MR) is 110 cm³/mol. The molecule has 1 aromatic carbocycles. The van der Waals surface area contributed by atoms with Gasteiger partial charge < -0.3 is 15.5 Å². The van der Waals surface area contributed by atoms with E-state index in [-0.39, 0.29) is 41.4 Å². The average molecular weight is 433 g/mol. The molecule has 2 rings (SSSR count). The summed E-state index contributed by atoms with van der Waals surface area (Å²) in [5.41, 5.74) is 0.212. The Morgan fingerprint density at radius 1 is 1.29 bits per heavy atom. The average Bonchev–Trinajstić information content (AvgIpc) is 2.67. The van der Waals surface area contributed by atoms with Gasteiger partial charge in [-0.05, 0) is 25.1 Å². The normalized spacial score (nSPS) is 17.1. The fraction of sp³-hybridized carbons (Fsp3) is 0.556. The number of halogens is 1. The summed E-state index contributed by atoms with van der Waals surface area (Å²) in [6.45, 7) is 8.14. The van der Waals surface area contributed by atoms with Crippen molar-refractivity contribution in [2.45, 2.75) is 31.7 Å². The van der Waals surface area contributed by atoms with E-state index in [2.05, 4.69) is 10.6 Å². The first-order valence-corrected chi connectivity index (χ1v) is 10.6. The molecule has 1 fully saturated rings. The number of piperazine rings is 1. The Morgan fingerprint density at radius 3 is 2.57 bits per heavy atom. The van der Waals surface area contributed by atoms with Gasteiger partial charge in [-0.2, -0.15) is 4.31 Å². The molecule has 2 amide bonds.